The van der Waals surface area contributed by atoms with Crippen molar-refractivity contribution >= 4 is 0 Å². The summed E-state index contributed by atoms with van der Waals surface area (Å²) < 4.78 is 5.19. The molecule has 0 aliphatic heterocycles. The molecule has 98 valence electrons. The second-order valence-corrected chi connectivity index (χ2v) is 5.53. The Hall–Kier alpha value is -0.0800. The highest BCUT2D eigenvalue weighted by Crippen LogP contribution is 2.31. The van der Waals surface area contributed by atoms with Gasteiger partial charge in [0.15, 0.2) is 0 Å². The van der Waals surface area contributed by atoms with Crippen molar-refractivity contribution in [3.8, 4) is 0 Å². The number of hydrogen-bond donors (Lipinski definition) is 1. The standard InChI is InChI=1S/C14H31NO/c1-7-10-15-13(14(4,5)8-2)12(3)9-11-16-6/h12-13,15H,7-11H2,1-6H3. The van der Waals surface area contributed by atoms with Gasteiger partial charge in [-0.1, -0.05) is 34.6 Å². The summed E-state index contributed by atoms with van der Waals surface area (Å²) in [5.74, 6) is 0.668. The van der Waals surface area contributed by atoms with Crippen LogP contribution in [0.15, 0.2) is 0 Å². The summed E-state index contributed by atoms with van der Waals surface area (Å²) in [6.07, 6.45) is 3.56. The summed E-state index contributed by atoms with van der Waals surface area (Å²) in [5, 5.41) is 3.71. The molecule has 0 aromatic carbocycles. The lowest BCUT2D eigenvalue weighted by Crippen LogP contribution is -2.46. The van der Waals surface area contributed by atoms with E-state index in [2.05, 4.69) is 39.9 Å². The van der Waals surface area contributed by atoms with E-state index in [-0.39, 0.29) is 0 Å². The Balaban J connectivity index is 4.39. The van der Waals surface area contributed by atoms with Crippen LogP contribution in [0.2, 0.25) is 0 Å². The average molecular weight is 229 g/mol. The predicted octanol–water partition coefficient (Wildman–Crippen LogP) is 3.46. The van der Waals surface area contributed by atoms with E-state index in [0.29, 0.717) is 17.4 Å². The van der Waals surface area contributed by atoms with Gasteiger partial charge in [-0.25, -0.2) is 0 Å². The van der Waals surface area contributed by atoms with E-state index in [1.54, 1.807) is 7.11 Å². The minimum atomic E-state index is 0.363. The molecular weight excluding hydrogens is 198 g/mol. The van der Waals surface area contributed by atoms with Crippen LogP contribution in [0.5, 0.6) is 0 Å². The molecule has 0 aromatic heterocycles. The van der Waals surface area contributed by atoms with Gasteiger partial charge in [0.2, 0.25) is 0 Å². The Morgan fingerprint density at radius 1 is 1.25 bits per heavy atom. The van der Waals surface area contributed by atoms with Crippen LogP contribution in [-0.4, -0.2) is 26.3 Å². The predicted molar refractivity (Wildman–Crippen MR) is 71.8 cm³/mol. The Kier molecular flexibility index (Phi) is 8.04. The number of hydrogen-bond acceptors (Lipinski definition) is 2. The number of ether oxygens (including phenoxy) is 1. The van der Waals surface area contributed by atoms with Gasteiger partial charge in [-0.15, -0.1) is 0 Å². The molecule has 0 fully saturated rings. The maximum atomic E-state index is 5.19. The molecule has 0 amide bonds. The van der Waals surface area contributed by atoms with Crippen LogP contribution in [0, 0.1) is 11.3 Å². The topological polar surface area (TPSA) is 21.3 Å². The quantitative estimate of drug-likeness (QED) is 0.654. The van der Waals surface area contributed by atoms with Gasteiger partial charge in [-0.2, -0.15) is 0 Å². The maximum absolute atomic E-state index is 5.19. The number of nitrogens with one attached hydrogen (secondary N) is 1. The summed E-state index contributed by atoms with van der Waals surface area (Å²) in [7, 11) is 1.78. The van der Waals surface area contributed by atoms with E-state index in [1.165, 1.54) is 12.8 Å². The molecule has 16 heavy (non-hydrogen) atoms. The van der Waals surface area contributed by atoms with Crippen molar-refractivity contribution in [3.63, 3.8) is 0 Å². The van der Waals surface area contributed by atoms with Gasteiger partial charge in [-0.3, -0.25) is 0 Å². The van der Waals surface area contributed by atoms with Crippen LogP contribution in [0.3, 0.4) is 0 Å². The minimum Gasteiger partial charge on any atom is -0.385 e. The van der Waals surface area contributed by atoms with Crippen LogP contribution in [0.25, 0.3) is 0 Å². The van der Waals surface area contributed by atoms with Crippen molar-refractivity contribution in [3.05, 3.63) is 0 Å². The second-order valence-electron chi connectivity index (χ2n) is 5.53. The summed E-state index contributed by atoms with van der Waals surface area (Å²) in [6.45, 7) is 13.6. The molecule has 2 atom stereocenters. The largest absolute Gasteiger partial charge is 0.385 e. The lowest BCUT2D eigenvalue weighted by Gasteiger charge is -2.38. The van der Waals surface area contributed by atoms with E-state index in [0.717, 1.165) is 19.6 Å². The zero-order valence-electron chi connectivity index (χ0n) is 12.1. The third-order valence-corrected chi connectivity index (χ3v) is 3.71. The smallest absolute Gasteiger partial charge is 0.0465 e. The van der Waals surface area contributed by atoms with Crippen LogP contribution in [0.1, 0.15) is 53.9 Å². The molecule has 0 radical (unpaired) electrons. The lowest BCUT2D eigenvalue weighted by molar-refractivity contribution is 0.128. The third-order valence-electron chi connectivity index (χ3n) is 3.71. The van der Waals surface area contributed by atoms with Gasteiger partial charge in [0.1, 0.15) is 0 Å². The molecule has 0 rings (SSSR count). The maximum Gasteiger partial charge on any atom is 0.0465 e. The SMILES string of the molecule is CCCNC(C(C)CCOC)C(C)(C)CC. The molecule has 0 spiro atoms. The van der Waals surface area contributed by atoms with Crippen LogP contribution in [0.4, 0.5) is 0 Å². The first kappa shape index (κ1) is 15.9. The molecule has 0 aromatic rings. The Labute approximate surface area is 102 Å². The summed E-state index contributed by atoms with van der Waals surface area (Å²) in [6, 6.07) is 0.590. The van der Waals surface area contributed by atoms with Crippen molar-refractivity contribution in [1.82, 2.24) is 5.32 Å². The zero-order chi connectivity index (χ0) is 12.6. The highest BCUT2D eigenvalue weighted by molar-refractivity contribution is 4.86. The van der Waals surface area contributed by atoms with Crippen LogP contribution in [-0.2, 0) is 4.74 Å². The molecule has 0 saturated carbocycles. The molecular formula is C14H31NO. The van der Waals surface area contributed by atoms with Crippen molar-refractivity contribution in [2.24, 2.45) is 11.3 Å². The van der Waals surface area contributed by atoms with E-state index in [4.69, 9.17) is 4.74 Å². The fourth-order valence-electron chi connectivity index (χ4n) is 2.24. The minimum absolute atomic E-state index is 0.363. The first-order valence-electron chi connectivity index (χ1n) is 6.71. The molecule has 2 heteroatoms. The first-order chi connectivity index (χ1) is 7.49. The van der Waals surface area contributed by atoms with Crippen molar-refractivity contribution in [2.45, 2.75) is 59.9 Å². The monoisotopic (exact) mass is 229 g/mol. The summed E-state index contributed by atoms with van der Waals surface area (Å²) >= 11 is 0. The van der Waals surface area contributed by atoms with Crippen molar-refractivity contribution < 1.29 is 4.74 Å². The molecule has 2 nitrogen and oxygen atoms in total. The number of methoxy groups -OCH3 is 1. The lowest BCUT2D eigenvalue weighted by atomic mass is 9.75. The molecule has 0 bridgehead atoms. The third kappa shape index (κ3) is 5.31. The van der Waals surface area contributed by atoms with Gasteiger partial charge in [0.05, 0.1) is 0 Å². The number of rotatable bonds is 9. The van der Waals surface area contributed by atoms with Gasteiger partial charge in [0.25, 0.3) is 0 Å². The average Bonchev–Trinajstić information content (AvgIpc) is 2.26. The first-order valence-corrected chi connectivity index (χ1v) is 6.71. The van der Waals surface area contributed by atoms with E-state index in [1.807, 2.05) is 0 Å². The normalized spacial score (nSPS) is 16.1. The van der Waals surface area contributed by atoms with Gasteiger partial charge in [0, 0.05) is 19.8 Å². The van der Waals surface area contributed by atoms with Gasteiger partial charge in [-0.05, 0) is 37.1 Å². The zero-order valence-corrected chi connectivity index (χ0v) is 12.1. The van der Waals surface area contributed by atoms with E-state index in [9.17, 15) is 0 Å². The van der Waals surface area contributed by atoms with Crippen LogP contribution < -0.4 is 5.32 Å². The van der Waals surface area contributed by atoms with Crippen molar-refractivity contribution in [2.75, 3.05) is 20.3 Å². The molecule has 0 saturated heterocycles. The Morgan fingerprint density at radius 3 is 2.31 bits per heavy atom. The van der Waals surface area contributed by atoms with Gasteiger partial charge >= 0.3 is 0 Å². The fourth-order valence-corrected chi connectivity index (χ4v) is 2.24. The highest BCUT2D eigenvalue weighted by Gasteiger charge is 2.31. The molecule has 0 aliphatic carbocycles. The Bertz CT molecular complexity index is 168. The molecule has 0 aliphatic rings. The summed E-state index contributed by atoms with van der Waals surface area (Å²) in [4.78, 5) is 0. The van der Waals surface area contributed by atoms with Gasteiger partial charge < -0.3 is 10.1 Å². The molecule has 2 unspecified atom stereocenters. The summed E-state index contributed by atoms with van der Waals surface area (Å²) in [5.41, 5.74) is 0.363. The highest BCUT2D eigenvalue weighted by atomic mass is 16.5. The molecule has 1 N–H and O–H groups in total. The van der Waals surface area contributed by atoms with Crippen LogP contribution >= 0.6 is 0 Å². The van der Waals surface area contributed by atoms with Crippen molar-refractivity contribution in [1.29, 1.82) is 0 Å². The molecule has 0 heterocycles. The second kappa shape index (κ2) is 8.08. The Morgan fingerprint density at radius 2 is 1.88 bits per heavy atom. The van der Waals surface area contributed by atoms with E-state index >= 15 is 0 Å². The fraction of sp³-hybridized carbons (Fsp3) is 1.00. The van der Waals surface area contributed by atoms with E-state index < -0.39 is 0 Å².